The molecule has 0 spiro atoms. The zero-order valence-electron chi connectivity index (χ0n) is 12.1. The molecule has 2 heterocycles. The number of rotatable bonds is 2. The number of hydrogen-bond acceptors (Lipinski definition) is 4. The second-order valence-electron chi connectivity index (χ2n) is 4.82. The van der Waals surface area contributed by atoms with Crippen LogP contribution in [0, 0.1) is 0 Å². The van der Waals surface area contributed by atoms with E-state index in [0.717, 1.165) is 7.11 Å². The molecule has 0 fully saturated rings. The maximum Gasteiger partial charge on any atom is 0.400 e. The van der Waals surface area contributed by atoms with Gasteiger partial charge in [0.25, 0.3) is 0 Å². The zero-order valence-corrected chi connectivity index (χ0v) is 12.1. The van der Waals surface area contributed by atoms with Crippen molar-refractivity contribution in [1.82, 2.24) is 9.78 Å². The normalized spacial score (nSPS) is 18.3. The first kappa shape index (κ1) is 15.4. The van der Waals surface area contributed by atoms with Crippen molar-refractivity contribution in [1.29, 1.82) is 0 Å². The third-order valence-electron chi connectivity index (χ3n) is 3.52. The molecular weight excluding hydrogens is 287 g/mol. The third kappa shape index (κ3) is 2.38. The minimum absolute atomic E-state index is 0.00139. The number of allylic oxidation sites excluding steroid dienone is 1. The molecule has 0 saturated heterocycles. The van der Waals surface area contributed by atoms with Crippen LogP contribution in [0.2, 0.25) is 0 Å². The number of fused-ring (bicyclic) bond motifs is 1. The van der Waals surface area contributed by atoms with Gasteiger partial charge in [-0.3, -0.25) is 4.68 Å². The minimum Gasteiger partial charge on any atom is -0.466 e. The molecule has 1 N–H and O–H groups in total. The van der Waals surface area contributed by atoms with E-state index in [-0.39, 0.29) is 17.1 Å². The van der Waals surface area contributed by atoms with Crippen molar-refractivity contribution >= 4 is 11.8 Å². The molecular formula is C13H16F3N3O2. The molecule has 0 aliphatic carbocycles. The van der Waals surface area contributed by atoms with E-state index < -0.39 is 23.6 Å². The average molecular weight is 303 g/mol. The SMILES string of the molecule is CCc1nn(C)c2c1C(C(F)(F)F)C(C(=O)OC)=C(C)N2. The summed E-state index contributed by atoms with van der Waals surface area (Å²) in [4.78, 5) is 11.8. The number of carbonyl (C=O) groups excluding carboxylic acids is 1. The molecule has 0 radical (unpaired) electrons. The number of hydrogen-bond donors (Lipinski definition) is 1. The Balaban J connectivity index is 2.72. The molecule has 1 unspecified atom stereocenters. The van der Waals surface area contributed by atoms with Gasteiger partial charge in [0.1, 0.15) is 11.7 Å². The lowest BCUT2D eigenvalue weighted by atomic mass is 9.85. The summed E-state index contributed by atoms with van der Waals surface area (Å²) < 4.78 is 46.6. The highest BCUT2D eigenvalue weighted by molar-refractivity contribution is 5.93. The molecule has 0 amide bonds. The molecule has 0 saturated carbocycles. The van der Waals surface area contributed by atoms with E-state index in [9.17, 15) is 18.0 Å². The molecule has 2 rings (SSSR count). The lowest BCUT2D eigenvalue weighted by Gasteiger charge is -2.29. The number of esters is 1. The van der Waals surface area contributed by atoms with Crippen LogP contribution in [-0.4, -0.2) is 29.0 Å². The predicted octanol–water partition coefficient (Wildman–Crippen LogP) is 2.50. The lowest BCUT2D eigenvalue weighted by Crippen LogP contribution is -2.33. The maximum atomic E-state index is 13.6. The van der Waals surface area contributed by atoms with Crippen molar-refractivity contribution in [2.24, 2.45) is 7.05 Å². The van der Waals surface area contributed by atoms with Crippen molar-refractivity contribution < 1.29 is 22.7 Å². The Morgan fingerprint density at radius 1 is 1.48 bits per heavy atom. The van der Waals surface area contributed by atoms with Crippen LogP contribution < -0.4 is 5.32 Å². The summed E-state index contributed by atoms with van der Waals surface area (Å²) in [6.45, 7) is 3.14. The van der Waals surface area contributed by atoms with Crippen LogP contribution in [-0.2, 0) is 23.0 Å². The van der Waals surface area contributed by atoms with E-state index in [2.05, 4.69) is 15.2 Å². The van der Waals surface area contributed by atoms with E-state index in [1.165, 1.54) is 11.6 Å². The number of methoxy groups -OCH3 is 1. The molecule has 116 valence electrons. The van der Waals surface area contributed by atoms with Crippen LogP contribution in [0.15, 0.2) is 11.3 Å². The monoisotopic (exact) mass is 303 g/mol. The smallest absolute Gasteiger partial charge is 0.400 e. The Hall–Kier alpha value is -1.99. The first-order chi connectivity index (χ1) is 9.72. The minimum atomic E-state index is -4.60. The van der Waals surface area contributed by atoms with Gasteiger partial charge in [-0.15, -0.1) is 0 Å². The Labute approximate surface area is 119 Å². The van der Waals surface area contributed by atoms with Crippen LogP contribution in [0.25, 0.3) is 0 Å². The number of halogens is 3. The van der Waals surface area contributed by atoms with Gasteiger partial charge in [-0.2, -0.15) is 18.3 Å². The fraction of sp³-hybridized carbons (Fsp3) is 0.538. The van der Waals surface area contributed by atoms with Crippen molar-refractivity contribution in [3.63, 3.8) is 0 Å². The fourth-order valence-electron chi connectivity index (χ4n) is 2.62. The highest BCUT2D eigenvalue weighted by Crippen LogP contribution is 2.48. The van der Waals surface area contributed by atoms with Gasteiger partial charge < -0.3 is 10.1 Å². The summed E-state index contributed by atoms with van der Waals surface area (Å²) in [6, 6.07) is 0. The van der Waals surface area contributed by atoms with Gasteiger partial charge in [0, 0.05) is 18.3 Å². The van der Waals surface area contributed by atoms with Crippen LogP contribution >= 0.6 is 0 Å². The van der Waals surface area contributed by atoms with Crippen LogP contribution in [0.1, 0.15) is 31.0 Å². The summed E-state index contributed by atoms with van der Waals surface area (Å²) in [5.41, 5.74) is 0.0252. The molecule has 0 aromatic carbocycles. The average Bonchev–Trinajstić information content (AvgIpc) is 2.71. The van der Waals surface area contributed by atoms with Crippen LogP contribution in [0.5, 0.6) is 0 Å². The van der Waals surface area contributed by atoms with Gasteiger partial charge in [0.05, 0.1) is 18.4 Å². The van der Waals surface area contributed by atoms with Crippen molar-refractivity contribution in [3.05, 3.63) is 22.5 Å². The van der Waals surface area contributed by atoms with Gasteiger partial charge >= 0.3 is 12.1 Å². The number of carbonyl (C=O) groups is 1. The van der Waals surface area contributed by atoms with E-state index >= 15 is 0 Å². The summed E-state index contributed by atoms with van der Waals surface area (Å²) >= 11 is 0. The Morgan fingerprint density at radius 3 is 2.57 bits per heavy atom. The van der Waals surface area contributed by atoms with Gasteiger partial charge in [-0.1, -0.05) is 6.92 Å². The number of ether oxygens (including phenoxy) is 1. The standard InChI is InChI=1S/C13H16F3N3O2/c1-5-7-9-10(13(14,15)16)8(12(20)21-4)6(2)17-11(9)19(3)18-7/h10,17H,5H2,1-4H3. The van der Waals surface area contributed by atoms with Gasteiger partial charge in [-0.05, 0) is 13.3 Å². The van der Waals surface area contributed by atoms with Gasteiger partial charge in [-0.25, -0.2) is 4.79 Å². The number of alkyl halides is 3. The first-order valence-electron chi connectivity index (χ1n) is 6.40. The molecule has 21 heavy (non-hydrogen) atoms. The van der Waals surface area contributed by atoms with Gasteiger partial charge in [0.2, 0.25) is 0 Å². The highest BCUT2D eigenvalue weighted by Gasteiger charge is 2.51. The number of anilines is 1. The quantitative estimate of drug-likeness (QED) is 0.853. The van der Waals surface area contributed by atoms with E-state index in [1.807, 2.05) is 0 Å². The molecule has 1 aliphatic rings. The number of aromatic nitrogens is 2. The second-order valence-corrected chi connectivity index (χ2v) is 4.82. The topological polar surface area (TPSA) is 56.2 Å². The summed E-state index contributed by atoms with van der Waals surface area (Å²) in [5, 5.41) is 6.93. The Bertz CT molecular complexity index is 617. The third-order valence-corrected chi connectivity index (χ3v) is 3.52. The van der Waals surface area contributed by atoms with Crippen molar-refractivity contribution in [2.75, 3.05) is 12.4 Å². The van der Waals surface area contributed by atoms with Gasteiger partial charge in [0.15, 0.2) is 0 Å². The number of nitrogens with zero attached hydrogens (tertiary/aromatic N) is 2. The summed E-state index contributed by atoms with van der Waals surface area (Å²) in [7, 11) is 2.63. The molecule has 8 heteroatoms. The van der Waals surface area contributed by atoms with Crippen molar-refractivity contribution in [3.8, 4) is 0 Å². The summed E-state index contributed by atoms with van der Waals surface area (Å²) in [5.74, 6) is -2.75. The number of nitrogens with one attached hydrogen (secondary N) is 1. The van der Waals surface area contributed by atoms with Crippen LogP contribution in [0.4, 0.5) is 19.0 Å². The molecule has 1 aromatic rings. The molecule has 1 atom stereocenters. The molecule has 1 aromatic heterocycles. The molecule has 5 nitrogen and oxygen atoms in total. The summed E-state index contributed by atoms with van der Waals surface area (Å²) in [6.07, 6.45) is -4.26. The fourth-order valence-corrected chi connectivity index (χ4v) is 2.62. The van der Waals surface area contributed by atoms with E-state index in [0.29, 0.717) is 12.1 Å². The lowest BCUT2D eigenvalue weighted by molar-refractivity contribution is -0.153. The van der Waals surface area contributed by atoms with Crippen LogP contribution in [0.3, 0.4) is 0 Å². The van der Waals surface area contributed by atoms with E-state index in [1.54, 1.807) is 14.0 Å². The predicted molar refractivity (Wildman–Crippen MR) is 69.7 cm³/mol. The second kappa shape index (κ2) is 5.09. The molecule has 1 aliphatic heterocycles. The molecule has 0 bridgehead atoms. The Kier molecular flexibility index (Phi) is 3.73. The highest BCUT2D eigenvalue weighted by atomic mass is 19.4. The first-order valence-corrected chi connectivity index (χ1v) is 6.40. The largest absolute Gasteiger partial charge is 0.466 e. The van der Waals surface area contributed by atoms with E-state index in [4.69, 9.17) is 0 Å². The number of aryl methyl sites for hydroxylation is 2. The van der Waals surface area contributed by atoms with Crippen molar-refractivity contribution in [2.45, 2.75) is 32.4 Å². The zero-order chi connectivity index (χ0) is 15.9. The Morgan fingerprint density at radius 2 is 2.10 bits per heavy atom. The maximum absolute atomic E-state index is 13.6.